The second-order valence-corrected chi connectivity index (χ2v) is 6.45. The molecule has 4 rings (SSSR count). The van der Waals surface area contributed by atoms with E-state index in [0.717, 1.165) is 10.8 Å². The number of ether oxygens (including phenoxy) is 1. The zero-order chi connectivity index (χ0) is 19.3. The minimum absolute atomic E-state index is 0.250. The van der Waals surface area contributed by atoms with Gasteiger partial charge in [0.1, 0.15) is 0 Å². The van der Waals surface area contributed by atoms with Crippen LogP contribution < -0.4 is 0 Å². The molecule has 0 aliphatic rings. The summed E-state index contributed by atoms with van der Waals surface area (Å²) in [5, 5.41) is 1.75. The molecule has 1 atom stereocenters. The summed E-state index contributed by atoms with van der Waals surface area (Å²) in [5.41, 5.74) is 1.59. The summed E-state index contributed by atoms with van der Waals surface area (Å²) in [6, 6.07) is 31.1. The SMILES string of the molecule is O=C(O[C@@H](C(=O)c1ccccc1)c1ccccc1)c1cccc2ccccc12. The maximum absolute atomic E-state index is 13.1. The van der Waals surface area contributed by atoms with Crippen molar-refractivity contribution in [1.29, 1.82) is 0 Å². The lowest BCUT2D eigenvalue weighted by Crippen LogP contribution is -2.20. The monoisotopic (exact) mass is 366 g/mol. The van der Waals surface area contributed by atoms with Crippen LogP contribution in [-0.2, 0) is 4.74 Å². The molecule has 3 heteroatoms. The molecule has 0 saturated carbocycles. The van der Waals surface area contributed by atoms with Crippen LogP contribution in [0, 0.1) is 0 Å². The Bertz CT molecular complexity index is 1110. The van der Waals surface area contributed by atoms with Crippen molar-refractivity contribution in [1.82, 2.24) is 0 Å². The Morgan fingerprint density at radius 1 is 0.643 bits per heavy atom. The third kappa shape index (κ3) is 3.55. The molecule has 4 aromatic carbocycles. The van der Waals surface area contributed by atoms with E-state index in [1.165, 1.54) is 0 Å². The predicted octanol–water partition coefficient (Wildman–Crippen LogP) is 5.62. The van der Waals surface area contributed by atoms with Crippen LogP contribution >= 0.6 is 0 Å². The van der Waals surface area contributed by atoms with E-state index in [9.17, 15) is 9.59 Å². The van der Waals surface area contributed by atoms with Gasteiger partial charge in [0, 0.05) is 11.1 Å². The standard InChI is InChI=1S/C25H18O3/c26-23(19-11-3-1-4-12-19)24(20-13-5-2-6-14-20)28-25(27)22-17-9-15-18-10-7-8-16-21(18)22/h1-17,24H/t24-/m1/s1. The highest BCUT2D eigenvalue weighted by molar-refractivity contribution is 6.06. The van der Waals surface area contributed by atoms with Crippen LogP contribution in [-0.4, -0.2) is 11.8 Å². The molecule has 28 heavy (non-hydrogen) atoms. The third-order valence-corrected chi connectivity index (χ3v) is 4.63. The first-order valence-corrected chi connectivity index (χ1v) is 9.07. The molecule has 0 bridgehead atoms. The van der Waals surface area contributed by atoms with Crippen molar-refractivity contribution in [3.05, 3.63) is 120 Å². The lowest BCUT2D eigenvalue weighted by molar-refractivity contribution is 0.0282. The smallest absolute Gasteiger partial charge is 0.339 e. The molecular formula is C25H18O3. The van der Waals surface area contributed by atoms with Gasteiger partial charge in [-0.15, -0.1) is 0 Å². The van der Waals surface area contributed by atoms with Crippen LogP contribution in [0.25, 0.3) is 10.8 Å². The van der Waals surface area contributed by atoms with Gasteiger partial charge in [-0.05, 0) is 16.8 Å². The van der Waals surface area contributed by atoms with E-state index in [-0.39, 0.29) is 5.78 Å². The Morgan fingerprint density at radius 3 is 2.00 bits per heavy atom. The molecule has 0 radical (unpaired) electrons. The lowest BCUT2D eigenvalue weighted by Gasteiger charge is -2.18. The summed E-state index contributed by atoms with van der Waals surface area (Å²) in [5.74, 6) is -0.768. The Labute approximate surface area is 163 Å². The number of hydrogen-bond acceptors (Lipinski definition) is 3. The Balaban J connectivity index is 1.71. The lowest BCUT2D eigenvalue weighted by atomic mass is 9.99. The van der Waals surface area contributed by atoms with E-state index < -0.39 is 12.1 Å². The van der Waals surface area contributed by atoms with E-state index in [4.69, 9.17) is 4.74 Å². The molecule has 136 valence electrons. The van der Waals surface area contributed by atoms with E-state index in [2.05, 4.69) is 0 Å². The summed E-state index contributed by atoms with van der Waals surface area (Å²) in [4.78, 5) is 26.1. The molecule has 0 fully saturated rings. The van der Waals surface area contributed by atoms with Gasteiger partial charge in [0.2, 0.25) is 5.78 Å². The van der Waals surface area contributed by atoms with Crippen molar-refractivity contribution in [3.8, 4) is 0 Å². The van der Waals surface area contributed by atoms with Crippen molar-refractivity contribution >= 4 is 22.5 Å². The second-order valence-electron chi connectivity index (χ2n) is 6.45. The molecule has 0 aromatic heterocycles. The van der Waals surface area contributed by atoms with Gasteiger partial charge in [0.15, 0.2) is 6.10 Å². The van der Waals surface area contributed by atoms with Crippen LogP contribution in [0.15, 0.2) is 103 Å². The van der Waals surface area contributed by atoms with Gasteiger partial charge in [-0.2, -0.15) is 0 Å². The minimum Gasteiger partial charge on any atom is -0.445 e. The molecule has 0 amide bonds. The number of Topliss-reactive ketones (excluding diaryl/α,β-unsaturated/α-hetero) is 1. The molecule has 3 nitrogen and oxygen atoms in total. The zero-order valence-corrected chi connectivity index (χ0v) is 15.1. The van der Waals surface area contributed by atoms with Gasteiger partial charge in [0.25, 0.3) is 0 Å². The molecule has 0 spiro atoms. The first-order valence-electron chi connectivity index (χ1n) is 9.07. The second kappa shape index (κ2) is 7.89. The van der Waals surface area contributed by atoms with E-state index in [1.807, 2.05) is 60.7 Å². The number of rotatable bonds is 5. The normalized spacial score (nSPS) is 11.7. The van der Waals surface area contributed by atoms with Crippen molar-refractivity contribution in [2.45, 2.75) is 6.10 Å². The number of carbonyl (C=O) groups is 2. The van der Waals surface area contributed by atoms with Gasteiger partial charge < -0.3 is 4.74 Å². The molecule has 0 saturated heterocycles. The predicted molar refractivity (Wildman–Crippen MR) is 109 cm³/mol. The fraction of sp³-hybridized carbons (Fsp3) is 0.0400. The molecular weight excluding hydrogens is 348 g/mol. The summed E-state index contributed by atoms with van der Waals surface area (Å²) in [6.45, 7) is 0. The number of ketones is 1. The summed E-state index contributed by atoms with van der Waals surface area (Å²) < 4.78 is 5.76. The van der Waals surface area contributed by atoms with Gasteiger partial charge in [-0.25, -0.2) is 4.79 Å². The first-order chi connectivity index (χ1) is 13.7. The summed E-state index contributed by atoms with van der Waals surface area (Å²) in [7, 11) is 0. The number of fused-ring (bicyclic) bond motifs is 1. The summed E-state index contributed by atoms with van der Waals surface area (Å²) >= 11 is 0. The van der Waals surface area contributed by atoms with Crippen molar-refractivity contribution < 1.29 is 14.3 Å². The fourth-order valence-electron chi connectivity index (χ4n) is 3.23. The number of benzene rings is 4. The van der Waals surface area contributed by atoms with Gasteiger partial charge >= 0.3 is 5.97 Å². The van der Waals surface area contributed by atoms with Gasteiger partial charge in [0.05, 0.1) is 5.56 Å². The molecule has 0 aliphatic carbocycles. The van der Waals surface area contributed by atoms with E-state index in [1.54, 1.807) is 42.5 Å². The largest absolute Gasteiger partial charge is 0.445 e. The molecule has 0 heterocycles. The molecule has 4 aromatic rings. The Kier molecular flexibility index (Phi) is 4.98. The van der Waals surface area contributed by atoms with E-state index in [0.29, 0.717) is 16.7 Å². The Hall–Kier alpha value is -3.72. The average molecular weight is 366 g/mol. The van der Waals surface area contributed by atoms with Crippen LogP contribution in [0.3, 0.4) is 0 Å². The maximum atomic E-state index is 13.1. The van der Waals surface area contributed by atoms with Gasteiger partial charge in [-0.1, -0.05) is 97.1 Å². The molecule has 0 aliphatic heterocycles. The van der Waals surface area contributed by atoms with Gasteiger partial charge in [-0.3, -0.25) is 4.79 Å². The van der Waals surface area contributed by atoms with Crippen molar-refractivity contribution in [2.75, 3.05) is 0 Å². The minimum atomic E-state index is -1.00. The number of carbonyl (C=O) groups excluding carboxylic acids is 2. The third-order valence-electron chi connectivity index (χ3n) is 4.63. The van der Waals surface area contributed by atoms with Crippen LogP contribution in [0.4, 0.5) is 0 Å². The highest BCUT2D eigenvalue weighted by Crippen LogP contribution is 2.26. The van der Waals surface area contributed by atoms with Crippen LogP contribution in [0.2, 0.25) is 0 Å². The maximum Gasteiger partial charge on any atom is 0.339 e. The highest BCUT2D eigenvalue weighted by atomic mass is 16.5. The van der Waals surface area contributed by atoms with E-state index >= 15 is 0 Å². The average Bonchev–Trinajstić information content (AvgIpc) is 2.77. The van der Waals surface area contributed by atoms with Crippen molar-refractivity contribution in [3.63, 3.8) is 0 Å². The topological polar surface area (TPSA) is 43.4 Å². The molecule has 0 N–H and O–H groups in total. The number of hydrogen-bond donors (Lipinski definition) is 0. The fourth-order valence-corrected chi connectivity index (χ4v) is 3.23. The Morgan fingerprint density at radius 2 is 1.25 bits per heavy atom. The molecule has 0 unspecified atom stereocenters. The summed E-state index contributed by atoms with van der Waals surface area (Å²) in [6.07, 6.45) is -1.00. The number of esters is 1. The van der Waals surface area contributed by atoms with Crippen LogP contribution in [0.1, 0.15) is 32.4 Å². The van der Waals surface area contributed by atoms with Crippen LogP contribution in [0.5, 0.6) is 0 Å². The van der Waals surface area contributed by atoms with Crippen molar-refractivity contribution in [2.24, 2.45) is 0 Å². The highest BCUT2D eigenvalue weighted by Gasteiger charge is 2.27. The quantitative estimate of drug-likeness (QED) is 0.340. The first kappa shape index (κ1) is 17.7. The zero-order valence-electron chi connectivity index (χ0n) is 15.1.